The van der Waals surface area contributed by atoms with E-state index in [9.17, 15) is 4.79 Å². The van der Waals surface area contributed by atoms with E-state index >= 15 is 0 Å². The number of pyridine rings is 1. The molecule has 0 radical (unpaired) electrons. The fourth-order valence-corrected chi connectivity index (χ4v) is 1.29. The summed E-state index contributed by atoms with van der Waals surface area (Å²) in [6, 6.07) is 9.08. The van der Waals surface area contributed by atoms with Crippen LogP contribution in [-0.4, -0.2) is 16.1 Å². The lowest BCUT2D eigenvalue weighted by Gasteiger charge is -1.99. The van der Waals surface area contributed by atoms with Gasteiger partial charge in [0.15, 0.2) is 5.69 Å². The average Bonchev–Trinajstić information content (AvgIpc) is 2.17. The molecule has 14 heavy (non-hydrogen) atoms. The van der Waals surface area contributed by atoms with Crippen LogP contribution < -0.4 is 6.15 Å². The third-order valence-electron chi connectivity index (χ3n) is 1.88. The molecule has 0 aliphatic carbocycles. The first-order valence-electron chi connectivity index (χ1n) is 3.86. The zero-order valence-corrected chi connectivity index (χ0v) is 7.47. The molecule has 2 aromatic rings. The zero-order valence-electron chi connectivity index (χ0n) is 7.47. The molecule has 0 unspecified atom stereocenters. The molecule has 2 rings (SSSR count). The van der Waals surface area contributed by atoms with E-state index in [4.69, 9.17) is 5.11 Å². The lowest BCUT2D eigenvalue weighted by atomic mass is 10.1. The Hall–Kier alpha value is -1.94. The minimum absolute atomic E-state index is 0. The summed E-state index contributed by atoms with van der Waals surface area (Å²) >= 11 is 0. The number of hydrogen-bond acceptors (Lipinski definition) is 3. The largest absolute Gasteiger partial charge is 0.476 e. The highest BCUT2D eigenvalue weighted by molar-refractivity contribution is 6.01. The fourth-order valence-electron chi connectivity index (χ4n) is 1.29. The van der Waals surface area contributed by atoms with Gasteiger partial charge in [0.05, 0.1) is 0 Å². The number of fused-ring (bicyclic) bond motifs is 1. The predicted molar refractivity (Wildman–Crippen MR) is 53.7 cm³/mol. The maximum absolute atomic E-state index is 10.8. The lowest BCUT2D eigenvalue weighted by Crippen LogP contribution is -2.00. The number of carboxylic acid groups (broad SMARTS) is 1. The predicted octanol–water partition coefficient (Wildman–Crippen LogP) is 2.09. The normalized spacial score (nSPS) is 9.43. The summed E-state index contributed by atoms with van der Waals surface area (Å²) in [6.07, 6.45) is 1.51. The molecule has 0 saturated heterocycles. The molecule has 72 valence electrons. The van der Waals surface area contributed by atoms with Gasteiger partial charge in [-0.25, -0.2) is 9.78 Å². The summed E-state index contributed by atoms with van der Waals surface area (Å²) < 4.78 is 0. The molecule has 1 aromatic carbocycles. The Bertz CT molecular complexity index is 463. The molecule has 4 heteroatoms. The second kappa shape index (κ2) is 3.85. The minimum Gasteiger partial charge on any atom is -0.476 e. The molecular formula is C10H10N2O2. The Kier molecular flexibility index (Phi) is 2.79. The van der Waals surface area contributed by atoms with E-state index in [1.807, 2.05) is 12.1 Å². The topological polar surface area (TPSA) is 85.2 Å². The van der Waals surface area contributed by atoms with E-state index in [1.165, 1.54) is 6.20 Å². The van der Waals surface area contributed by atoms with E-state index in [0.717, 1.165) is 5.39 Å². The average molecular weight is 190 g/mol. The highest BCUT2D eigenvalue weighted by Gasteiger charge is 2.07. The van der Waals surface area contributed by atoms with E-state index in [0.29, 0.717) is 5.39 Å². The van der Waals surface area contributed by atoms with Gasteiger partial charge in [0, 0.05) is 11.6 Å². The van der Waals surface area contributed by atoms with Crippen molar-refractivity contribution in [3.63, 3.8) is 0 Å². The van der Waals surface area contributed by atoms with Crippen LogP contribution in [0.2, 0.25) is 0 Å². The zero-order chi connectivity index (χ0) is 9.26. The van der Waals surface area contributed by atoms with Gasteiger partial charge in [0.2, 0.25) is 0 Å². The number of rotatable bonds is 1. The maximum atomic E-state index is 10.8. The standard InChI is InChI=1S/C10H7NO2.H3N/c12-10(13)9-8-4-2-1-3-7(8)5-6-11-9;/h1-6H,(H,12,13);1H3. The smallest absolute Gasteiger partial charge is 0.355 e. The summed E-state index contributed by atoms with van der Waals surface area (Å²) in [5, 5.41) is 10.4. The first kappa shape index (κ1) is 10.1. The summed E-state index contributed by atoms with van der Waals surface area (Å²) in [7, 11) is 0. The van der Waals surface area contributed by atoms with Crippen LogP contribution in [0.4, 0.5) is 0 Å². The Morgan fingerprint density at radius 3 is 2.64 bits per heavy atom. The molecule has 0 saturated carbocycles. The molecule has 0 amide bonds. The van der Waals surface area contributed by atoms with Crippen LogP contribution in [0.1, 0.15) is 10.5 Å². The Labute approximate surface area is 80.8 Å². The Morgan fingerprint density at radius 2 is 1.93 bits per heavy atom. The van der Waals surface area contributed by atoms with Crippen LogP contribution in [0, 0.1) is 0 Å². The first-order valence-corrected chi connectivity index (χ1v) is 3.86. The monoisotopic (exact) mass is 190 g/mol. The van der Waals surface area contributed by atoms with Gasteiger partial charge >= 0.3 is 5.97 Å². The van der Waals surface area contributed by atoms with Gasteiger partial charge in [-0.3, -0.25) is 0 Å². The fraction of sp³-hybridized carbons (Fsp3) is 0. The van der Waals surface area contributed by atoms with Gasteiger partial charge in [-0.1, -0.05) is 24.3 Å². The number of nitrogens with zero attached hydrogens (tertiary/aromatic N) is 1. The van der Waals surface area contributed by atoms with Gasteiger partial charge in [0.25, 0.3) is 0 Å². The molecule has 0 aliphatic heterocycles. The van der Waals surface area contributed by atoms with E-state index in [1.54, 1.807) is 18.2 Å². The number of carboxylic acids is 1. The summed E-state index contributed by atoms with van der Waals surface area (Å²) in [6.45, 7) is 0. The van der Waals surface area contributed by atoms with Gasteiger partial charge in [-0.15, -0.1) is 0 Å². The molecule has 1 heterocycles. The second-order valence-corrected chi connectivity index (χ2v) is 2.69. The Balaban J connectivity index is 0.000000980. The van der Waals surface area contributed by atoms with Crippen molar-refractivity contribution < 1.29 is 9.90 Å². The molecule has 0 spiro atoms. The number of carbonyl (C=O) groups is 1. The van der Waals surface area contributed by atoms with Crippen molar-refractivity contribution >= 4 is 16.7 Å². The number of aromatic carboxylic acids is 1. The van der Waals surface area contributed by atoms with Crippen LogP contribution in [0.5, 0.6) is 0 Å². The van der Waals surface area contributed by atoms with E-state index in [-0.39, 0.29) is 11.8 Å². The molecule has 4 nitrogen and oxygen atoms in total. The van der Waals surface area contributed by atoms with Crippen molar-refractivity contribution in [3.8, 4) is 0 Å². The number of hydrogen-bond donors (Lipinski definition) is 2. The highest BCUT2D eigenvalue weighted by atomic mass is 16.4. The molecule has 0 aliphatic rings. The molecule has 0 atom stereocenters. The molecule has 4 N–H and O–H groups in total. The first-order chi connectivity index (χ1) is 6.29. The molecular weight excluding hydrogens is 180 g/mol. The van der Waals surface area contributed by atoms with Gasteiger partial charge in [-0.05, 0) is 11.5 Å². The van der Waals surface area contributed by atoms with Gasteiger partial charge in [0.1, 0.15) is 0 Å². The summed E-state index contributed by atoms with van der Waals surface area (Å²) in [5.41, 5.74) is 0.109. The van der Waals surface area contributed by atoms with Crippen molar-refractivity contribution in [1.29, 1.82) is 0 Å². The Morgan fingerprint density at radius 1 is 1.21 bits per heavy atom. The van der Waals surface area contributed by atoms with Crippen LogP contribution in [0.25, 0.3) is 10.8 Å². The summed E-state index contributed by atoms with van der Waals surface area (Å²) in [4.78, 5) is 14.6. The third-order valence-corrected chi connectivity index (χ3v) is 1.88. The van der Waals surface area contributed by atoms with Crippen LogP contribution in [0.15, 0.2) is 36.5 Å². The van der Waals surface area contributed by atoms with E-state index in [2.05, 4.69) is 4.98 Å². The van der Waals surface area contributed by atoms with Crippen molar-refractivity contribution in [2.24, 2.45) is 0 Å². The third kappa shape index (κ3) is 1.55. The highest BCUT2D eigenvalue weighted by Crippen LogP contribution is 2.15. The van der Waals surface area contributed by atoms with E-state index < -0.39 is 5.97 Å². The molecule has 1 aromatic heterocycles. The van der Waals surface area contributed by atoms with Gasteiger partial charge in [-0.2, -0.15) is 0 Å². The summed E-state index contributed by atoms with van der Waals surface area (Å²) in [5.74, 6) is -0.989. The van der Waals surface area contributed by atoms with Crippen molar-refractivity contribution in [3.05, 3.63) is 42.2 Å². The van der Waals surface area contributed by atoms with Crippen LogP contribution in [0.3, 0.4) is 0 Å². The van der Waals surface area contributed by atoms with Crippen molar-refractivity contribution in [2.45, 2.75) is 0 Å². The minimum atomic E-state index is -0.989. The molecule has 0 fully saturated rings. The van der Waals surface area contributed by atoms with Crippen molar-refractivity contribution in [1.82, 2.24) is 11.1 Å². The maximum Gasteiger partial charge on any atom is 0.355 e. The lowest BCUT2D eigenvalue weighted by molar-refractivity contribution is 0.0693. The molecule has 0 bridgehead atoms. The van der Waals surface area contributed by atoms with Crippen molar-refractivity contribution in [2.75, 3.05) is 0 Å². The number of aromatic nitrogens is 1. The van der Waals surface area contributed by atoms with Gasteiger partial charge < -0.3 is 11.3 Å². The number of benzene rings is 1. The second-order valence-electron chi connectivity index (χ2n) is 2.69. The van der Waals surface area contributed by atoms with Crippen LogP contribution in [-0.2, 0) is 0 Å². The quantitative estimate of drug-likeness (QED) is 0.720. The SMILES string of the molecule is N.O=C(O)c1nccc2ccccc12. The van der Waals surface area contributed by atoms with Crippen LogP contribution >= 0.6 is 0 Å².